The summed E-state index contributed by atoms with van der Waals surface area (Å²) in [6.45, 7) is 0.602. The summed E-state index contributed by atoms with van der Waals surface area (Å²) in [6, 6.07) is 15.3. The maximum absolute atomic E-state index is 13.6. The molecule has 11 heteroatoms. The molecule has 1 fully saturated rings. The van der Waals surface area contributed by atoms with Gasteiger partial charge in [0.15, 0.2) is 5.03 Å². The Morgan fingerprint density at radius 1 is 1.06 bits per heavy atom. The molecule has 2 heterocycles. The maximum Gasteiger partial charge on any atom is 0.269 e. The molecule has 1 aliphatic rings. The molecule has 0 radical (unpaired) electrons. The Hall–Kier alpha value is -2.42. The molecule has 4 rings (SSSR count). The molecular formula is C20H19ClN4O4S2. The molecular weight excluding hydrogens is 460 g/mol. The second kappa shape index (κ2) is 8.26. The molecule has 0 spiro atoms. The van der Waals surface area contributed by atoms with Crippen molar-refractivity contribution in [3.05, 3.63) is 59.6 Å². The lowest BCUT2D eigenvalue weighted by molar-refractivity contribution is 0.299. The van der Waals surface area contributed by atoms with E-state index in [1.54, 1.807) is 18.2 Å². The zero-order chi connectivity index (χ0) is 22.2. The number of hydrogen-bond acceptors (Lipinski definition) is 6. The Morgan fingerprint density at radius 2 is 1.81 bits per heavy atom. The van der Waals surface area contributed by atoms with Crippen LogP contribution in [0.3, 0.4) is 0 Å². The summed E-state index contributed by atoms with van der Waals surface area (Å²) in [5, 5.41) is 12.5. The Labute approximate surface area is 185 Å². The highest BCUT2D eigenvalue weighted by Gasteiger charge is 2.36. The summed E-state index contributed by atoms with van der Waals surface area (Å²) < 4.78 is 56.3. The predicted molar refractivity (Wildman–Crippen MR) is 117 cm³/mol. The SMILES string of the molecule is N#CCC1CN(S(=O)(=O)c2cc3cc(Cl)ccc3n2S(=O)(=O)c2ccccc2)CCN1. The van der Waals surface area contributed by atoms with Crippen molar-refractivity contribution in [3.8, 4) is 6.07 Å². The summed E-state index contributed by atoms with van der Waals surface area (Å²) in [5.41, 5.74) is 0.218. The van der Waals surface area contributed by atoms with E-state index in [1.807, 2.05) is 6.07 Å². The third-order valence-corrected chi connectivity index (χ3v) is 9.06. The number of piperazine rings is 1. The van der Waals surface area contributed by atoms with Crippen molar-refractivity contribution in [2.45, 2.75) is 22.4 Å². The number of nitriles is 1. The highest BCUT2D eigenvalue weighted by molar-refractivity contribution is 7.92. The Kier molecular flexibility index (Phi) is 5.81. The molecule has 1 saturated heterocycles. The third kappa shape index (κ3) is 3.95. The summed E-state index contributed by atoms with van der Waals surface area (Å²) >= 11 is 6.07. The summed E-state index contributed by atoms with van der Waals surface area (Å²) in [7, 11) is -8.40. The monoisotopic (exact) mass is 478 g/mol. The van der Waals surface area contributed by atoms with Crippen molar-refractivity contribution < 1.29 is 16.8 Å². The number of rotatable bonds is 5. The van der Waals surface area contributed by atoms with Gasteiger partial charge in [0.05, 0.1) is 22.9 Å². The van der Waals surface area contributed by atoms with Gasteiger partial charge in [-0.15, -0.1) is 0 Å². The van der Waals surface area contributed by atoms with E-state index in [0.717, 1.165) is 3.97 Å². The van der Waals surface area contributed by atoms with Gasteiger partial charge in [0, 0.05) is 36.1 Å². The normalized spacial score (nSPS) is 18.1. The van der Waals surface area contributed by atoms with Crippen LogP contribution in [0.2, 0.25) is 5.02 Å². The van der Waals surface area contributed by atoms with E-state index in [9.17, 15) is 16.8 Å². The fraction of sp³-hybridized carbons (Fsp3) is 0.250. The van der Waals surface area contributed by atoms with Crippen molar-refractivity contribution in [1.29, 1.82) is 5.26 Å². The van der Waals surface area contributed by atoms with E-state index in [-0.39, 0.29) is 41.0 Å². The molecule has 3 aromatic rings. The van der Waals surface area contributed by atoms with Crippen LogP contribution in [0.15, 0.2) is 64.5 Å². The topological polar surface area (TPSA) is 112 Å². The fourth-order valence-electron chi connectivity index (χ4n) is 3.65. The molecule has 1 aromatic heterocycles. The first-order valence-corrected chi connectivity index (χ1v) is 12.7. The largest absolute Gasteiger partial charge is 0.310 e. The first-order valence-electron chi connectivity index (χ1n) is 9.47. The van der Waals surface area contributed by atoms with Gasteiger partial charge >= 0.3 is 0 Å². The van der Waals surface area contributed by atoms with Crippen molar-refractivity contribution in [1.82, 2.24) is 13.6 Å². The van der Waals surface area contributed by atoms with E-state index < -0.39 is 20.0 Å². The number of hydrogen-bond donors (Lipinski definition) is 1. The van der Waals surface area contributed by atoms with Gasteiger partial charge < -0.3 is 5.32 Å². The van der Waals surface area contributed by atoms with Crippen LogP contribution in [-0.4, -0.2) is 50.8 Å². The average molecular weight is 479 g/mol. The van der Waals surface area contributed by atoms with E-state index in [0.29, 0.717) is 17.0 Å². The van der Waals surface area contributed by atoms with E-state index >= 15 is 0 Å². The molecule has 8 nitrogen and oxygen atoms in total. The molecule has 1 aliphatic heterocycles. The van der Waals surface area contributed by atoms with E-state index in [4.69, 9.17) is 16.9 Å². The van der Waals surface area contributed by atoms with Crippen LogP contribution in [0.1, 0.15) is 6.42 Å². The van der Waals surface area contributed by atoms with Gasteiger partial charge in [-0.3, -0.25) is 0 Å². The summed E-state index contributed by atoms with van der Waals surface area (Å²) in [5.74, 6) is 0. The number of nitrogens with zero attached hydrogens (tertiary/aromatic N) is 3. The maximum atomic E-state index is 13.6. The van der Waals surface area contributed by atoms with Crippen molar-refractivity contribution in [2.24, 2.45) is 0 Å². The second-order valence-corrected chi connectivity index (χ2v) is 11.3. The number of aromatic nitrogens is 1. The molecule has 31 heavy (non-hydrogen) atoms. The van der Waals surface area contributed by atoms with Gasteiger partial charge in [-0.2, -0.15) is 9.57 Å². The molecule has 162 valence electrons. The van der Waals surface area contributed by atoms with Crippen molar-refractivity contribution in [2.75, 3.05) is 19.6 Å². The third-order valence-electron chi connectivity index (χ3n) is 5.13. The Morgan fingerprint density at radius 3 is 2.52 bits per heavy atom. The van der Waals surface area contributed by atoms with Crippen LogP contribution in [0.25, 0.3) is 10.9 Å². The standard InChI is InChI=1S/C20H19ClN4O4S2/c21-16-6-7-19-15(12-16)13-20(25(19)30(26,27)18-4-2-1-3-5-18)31(28,29)24-11-10-23-17(14-24)8-9-22/h1-7,12-13,17,23H,8,10-11,14H2. The molecule has 0 amide bonds. The molecule has 1 atom stereocenters. The van der Waals surface area contributed by atoms with Crippen LogP contribution in [-0.2, 0) is 20.0 Å². The van der Waals surface area contributed by atoms with Crippen molar-refractivity contribution in [3.63, 3.8) is 0 Å². The van der Waals surface area contributed by atoms with Crippen LogP contribution >= 0.6 is 11.6 Å². The minimum atomic E-state index is -4.21. The Bertz CT molecular complexity index is 1380. The smallest absolute Gasteiger partial charge is 0.269 e. The number of fused-ring (bicyclic) bond motifs is 1. The highest BCUT2D eigenvalue weighted by atomic mass is 35.5. The van der Waals surface area contributed by atoms with Crippen LogP contribution in [0.4, 0.5) is 0 Å². The highest BCUT2D eigenvalue weighted by Crippen LogP contribution is 2.32. The second-order valence-electron chi connectivity index (χ2n) is 7.14. The van der Waals surface area contributed by atoms with Crippen LogP contribution < -0.4 is 5.32 Å². The first-order chi connectivity index (χ1) is 14.7. The quantitative estimate of drug-likeness (QED) is 0.602. The molecule has 2 aromatic carbocycles. The summed E-state index contributed by atoms with van der Waals surface area (Å²) in [4.78, 5) is -0.0263. The van der Waals surface area contributed by atoms with Gasteiger partial charge in [0.25, 0.3) is 20.0 Å². The van der Waals surface area contributed by atoms with E-state index in [1.165, 1.54) is 40.7 Å². The average Bonchev–Trinajstić information content (AvgIpc) is 3.15. The van der Waals surface area contributed by atoms with Crippen LogP contribution in [0.5, 0.6) is 0 Å². The lowest BCUT2D eigenvalue weighted by atomic mass is 10.2. The zero-order valence-corrected chi connectivity index (χ0v) is 18.7. The van der Waals surface area contributed by atoms with Gasteiger partial charge in [0.1, 0.15) is 0 Å². The summed E-state index contributed by atoms with van der Waals surface area (Å²) in [6.07, 6.45) is 0.146. The van der Waals surface area contributed by atoms with Gasteiger partial charge in [-0.05, 0) is 36.4 Å². The first kappa shape index (κ1) is 21.8. The van der Waals surface area contributed by atoms with Crippen molar-refractivity contribution >= 4 is 42.6 Å². The van der Waals surface area contributed by atoms with Crippen LogP contribution in [0, 0.1) is 11.3 Å². The number of sulfonamides is 1. The number of benzene rings is 2. The zero-order valence-electron chi connectivity index (χ0n) is 16.3. The molecule has 1 unspecified atom stereocenters. The van der Waals surface area contributed by atoms with Gasteiger partial charge in [-0.25, -0.2) is 20.8 Å². The molecule has 0 saturated carbocycles. The van der Waals surface area contributed by atoms with E-state index in [2.05, 4.69) is 5.32 Å². The predicted octanol–water partition coefficient (Wildman–Crippen LogP) is 2.41. The molecule has 0 bridgehead atoms. The van der Waals surface area contributed by atoms with Gasteiger partial charge in [-0.1, -0.05) is 29.8 Å². The van der Waals surface area contributed by atoms with Gasteiger partial charge in [0.2, 0.25) is 0 Å². The lowest BCUT2D eigenvalue weighted by Crippen LogP contribution is -2.52. The lowest BCUT2D eigenvalue weighted by Gasteiger charge is -2.31. The minimum Gasteiger partial charge on any atom is -0.310 e. The minimum absolute atomic E-state index is 0.0263. The fourth-order valence-corrected chi connectivity index (χ4v) is 7.39. The molecule has 0 aliphatic carbocycles. The number of nitrogens with one attached hydrogen (secondary N) is 1. The Balaban J connectivity index is 1.92. The molecule has 1 N–H and O–H groups in total. The number of halogens is 1.